The van der Waals surface area contributed by atoms with Gasteiger partial charge in [0.25, 0.3) is 5.56 Å². The van der Waals surface area contributed by atoms with Crippen molar-refractivity contribution in [1.29, 1.82) is 0 Å². The second-order valence-electron chi connectivity index (χ2n) is 4.23. The highest BCUT2D eigenvalue weighted by atomic mass is 79.9. The maximum Gasteiger partial charge on any atom is 0.328 e. The molecule has 2 heterocycles. The summed E-state index contributed by atoms with van der Waals surface area (Å²) in [5.41, 5.74) is -0.899. The Morgan fingerprint density at radius 1 is 1.61 bits per heavy atom. The molecule has 0 unspecified atom stereocenters. The molecule has 0 spiro atoms. The van der Waals surface area contributed by atoms with Gasteiger partial charge in [-0.3, -0.25) is 19.2 Å². The van der Waals surface area contributed by atoms with Gasteiger partial charge in [0, 0.05) is 19.8 Å². The lowest BCUT2D eigenvalue weighted by atomic mass is 10.1. The van der Waals surface area contributed by atoms with Crippen LogP contribution in [0.4, 0.5) is 0 Å². The number of aliphatic hydroxyl groups excluding tert-OH is 1. The van der Waals surface area contributed by atoms with Crippen LogP contribution in [0.25, 0.3) is 0 Å². The molecule has 1 saturated heterocycles. The first-order valence-corrected chi connectivity index (χ1v) is 6.30. The van der Waals surface area contributed by atoms with Crippen LogP contribution in [0, 0.1) is 0 Å². The Morgan fingerprint density at radius 2 is 2.33 bits per heavy atom. The summed E-state index contributed by atoms with van der Waals surface area (Å²) in [5.74, 6) is 0. The van der Waals surface area contributed by atoms with E-state index in [-0.39, 0.29) is 18.8 Å². The van der Waals surface area contributed by atoms with Crippen LogP contribution in [0.3, 0.4) is 0 Å². The maximum absolute atomic E-state index is 11.6. The van der Waals surface area contributed by atoms with Crippen LogP contribution in [0.15, 0.2) is 20.3 Å². The summed E-state index contributed by atoms with van der Waals surface area (Å²) in [5, 5.41) is 10.7. The van der Waals surface area contributed by atoms with Gasteiger partial charge in [0.1, 0.15) is 6.10 Å². The van der Waals surface area contributed by atoms with E-state index in [2.05, 4.69) is 20.9 Å². The van der Waals surface area contributed by atoms with Crippen molar-refractivity contribution in [2.45, 2.75) is 25.1 Å². The van der Waals surface area contributed by atoms with Crippen molar-refractivity contribution < 1.29 is 9.94 Å². The van der Waals surface area contributed by atoms with Gasteiger partial charge in [-0.25, -0.2) is 4.79 Å². The summed E-state index contributed by atoms with van der Waals surface area (Å²) in [6.45, 7) is 0.340. The summed E-state index contributed by atoms with van der Waals surface area (Å²) in [4.78, 5) is 30.4. The van der Waals surface area contributed by atoms with Gasteiger partial charge in [-0.15, -0.1) is 0 Å². The molecule has 2 atom stereocenters. The second-order valence-corrected chi connectivity index (χ2v) is 5.09. The number of rotatable bonds is 3. The number of H-pyrrole nitrogens is 1. The molecule has 7 nitrogen and oxygen atoms in total. The van der Waals surface area contributed by atoms with Crippen LogP contribution < -0.4 is 11.2 Å². The molecule has 0 amide bonds. The molecule has 1 fully saturated rings. The van der Waals surface area contributed by atoms with Crippen LogP contribution in [-0.2, 0) is 11.4 Å². The molecule has 1 aromatic heterocycles. The fourth-order valence-electron chi connectivity index (χ4n) is 1.96. The van der Waals surface area contributed by atoms with E-state index in [9.17, 15) is 9.59 Å². The van der Waals surface area contributed by atoms with E-state index in [0.717, 1.165) is 0 Å². The third-order valence-corrected chi connectivity index (χ3v) is 3.51. The minimum absolute atomic E-state index is 0.0161. The molecule has 1 aromatic rings. The lowest BCUT2D eigenvalue weighted by Gasteiger charge is -2.18. The van der Waals surface area contributed by atoms with E-state index >= 15 is 0 Å². The van der Waals surface area contributed by atoms with Crippen molar-refractivity contribution in [3.05, 3.63) is 31.5 Å². The Hall–Kier alpha value is -0.960. The zero-order chi connectivity index (χ0) is 13.3. The minimum Gasteiger partial charge on any atom is -0.394 e. The van der Waals surface area contributed by atoms with Gasteiger partial charge in [-0.1, -0.05) is 0 Å². The van der Waals surface area contributed by atoms with Gasteiger partial charge >= 0.3 is 5.69 Å². The highest BCUT2D eigenvalue weighted by Gasteiger charge is 2.30. The van der Waals surface area contributed by atoms with E-state index in [1.165, 1.54) is 10.8 Å². The van der Waals surface area contributed by atoms with Crippen molar-refractivity contribution in [2.75, 3.05) is 13.7 Å². The molecule has 0 aliphatic carbocycles. The first-order chi connectivity index (χ1) is 8.51. The number of likely N-dealkylation sites (N-methyl/N-ethyl adjacent to an activating group) is 1. The Morgan fingerprint density at radius 3 is 2.94 bits per heavy atom. The molecule has 2 N–H and O–H groups in total. The molecule has 0 saturated carbocycles. The number of aromatic nitrogens is 2. The van der Waals surface area contributed by atoms with Gasteiger partial charge in [0.15, 0.2) is 0 Å². The lowest BCUT2D eigenvalue weighted by Crippen LogP contribution is -2.36. The largest absolute Gasteiger partial charge is 0.394 e. The molecule has 0 radical (unpaired) electrons. The molecule has 8 heteroatoms. The number of halogens is 1. The smallest absolute Gasteiger partial charge is 0.328 e. The SMILES string of the molecule is CN1O[C@@H](CO)C[C@H]1Cn1cc(Br)c(=O)[nH]c1=O. The summed E-state index contributed by atoms with van der Waals surface area (Å²) in [6.07, 6.45) is 1.86. The second kappa shape index (κ2) is 5.35. The number of aliphatic hydroxyl groups is 1. The first-order valence-electron chi connectivity index (χ1n) is 5.51. The molecule has 18 heavy (non-hydrogen) atoms. The molecule has 0 aromatic carbocycles. The molecule has 100 valence electrons. The summed E-state index contributed by atoms with van der Waals surface area (Å²) in [6, 6.07) is -0.0161. The Kier molecular flexibility index (Phi) is 4.00. The average Bonchev–Trinajstić information content (AvgIpc) is 2.67. The van der Waals surface area contributed by atoms with Gasteiger partial charge < -0.3 is 5.11 Å². The zero-order valence-corrected chi connectivity index (χ0v) is 11.4. The predicted molar refractivity (Wildman–Crippen MR) is 67.1 cm³/mol. The summed E-state index contributed by atoms with van der Waals surface area (Å²) < 4.78 is 1.72. The topological polar surface area (TPSA) is 87.6 Å². The number of aromatic amines is 1. The van der Waals surface area contributed by atoms with Crippen molar-refractivity contribution in [2.24, 2.45) is 0 Å². The number of nitrogens with one attached hydrogen (secondary N) is 1. The minimum atomic E-state index is -0.455. The van der Waals surface area contributed by atoms with Crippen LogP contribution >= 0.6 is 15.9 Å². The molecule has 1 aliphatic heterocycles. The predicted octanol–water partition coefficient (Wildman–Crippen LogP) is -0.704. The number of hydrogen-bond acceptors (Lipinski definition) is 5. The van der Waals surface area contributed by atoms with Crippen molar-refractivity contribution in [3.63, 3.8) is 0 Å². The first kappa shape index (κ1) is 13.5. The van der Waals surface area contributed by atoms with E-state index in [1.807, 2.05) is 0 Å². The van der Waals surface area contributed by atoms with Gasteiger partial charge in [0.2, 0.25) is 0 Å². The van der Waals surface area contributed by atoms with Crippen LogP contribution in [0.1, 0.15) is 6.42 Å². The van der Waals surface area contributed by atoms with E-state index in [0.29, 0.717) is 17.4 Å². The van der Waals surface area contributed by atoms with Crippen molar-refractivity contribution in [1.82, 2.24) is 14.6 Å². The third kappa shape index (κ3) is 2.72. The normalized spacial score (nSPS) is 24.6. The van der Waals surface area contributed by atoms with Crippen molar-refractivity contribution >= 4 is 15.9 Å². The number of hydrogen-bond donors (Lipinski definition) is 2. The zero-order valence-electron chi connectivity index (χ0n) is 9.80. The van der Waals surface area contributed by atoms with Crippen molar-refractivity contribution in [3.8, 4) is 0 Å². The number of hydroxylamine groups is 2. The summed E-state index contributed by atoms with van der Waals surface area (Å²) >= 11 is 3.08. The molecule has 2 rings (SSSR count). The van der Waals surface area contributed by atoms with Crippen LogP contribution in [0.2, 0.25) is 0 Å². The quantitative estimate of drug-likeness (QED) is 0.769. The standard InChI is InChI=1S/C10H14BrN3O4/c1-13-6(2-7(5-15)18-13)3-14-4-8(11)9(16)12-10(14)17/h4,6-7,15H,2-3,5H2,1H3,(H,12,16,17)/t6-,7+/m0/s1. The number of nitrogens with zero attached hydrogens (tertiary/aromatic N) is 2. The fraction of sp³-hybridized carbons (Fsp3) is 0.600. The highest BCUT2D eigenvalue weighted by molar-refractivity contribution is 9.10. The lowest BCUT2D eigenvalue weighted by molar-refractivity contribution is -0.153. The van der Waals surface area contributed by atoms with Crippen LogP contribution in [-0.4, -0.2) is 45.5 Å². The highest BCUT2D eigenvalue weighted by Crippen LogP contribution is 2.19. The van der Waals surface area contributed by atoms with Gasteiger partial charge in [-0.2, -0.15) is 5.06 Å². The fourth-order valence-corrected chi connectivity index (χ4v) is 2.31. The Bertz CT molecular complexity index is 541. The third-order valence-electron chi connectivity index (χ3n) is 2.94. The molecular formula is C10H14BrN3O4. The Labute approximate surface area is 111 Å². The molecular weight excluding hydrogens is 306 g/mol. The van der Waals surface area contributed by atoms with Gasteiger partial charge in [-0.05, 0) is 22.4 Å². The molecule has 0 bridgehead atoms. The van der Waals surface area contributed by atoms with E-state index in [4.69, 9.17) is 9.94 Å². The Balaban J connectivity index is 2.17. The average molecular weight is 320 g/mol. The van der Waals surface area contributed by atoms with Crippen LogP contribution in [0.5, 0.6) is 0 Å². The molecule has 1 aliphatic rings. The maximum atomic E-state index is 11.6. The van der Waals surface area contributed by atoms with E-state index in [1.54, 1.807) is 12.1 Å². The summed E-state index contributed by atoms with van der Waals surface area (Å²) in [7, 11) is 1.76. The monoisotopic (exact) mass is 319 g/mol. The van der Waals surface area contributed by atoms with Gasteiger partial charge in [0.05, 0.1) is 17.1 Å². The van der Waals surface area contributed by atoms with E-state index < -0.39 is 11.2 Å².